The van der Waals surface area contributed by atoms with Crippen LogP contribution in [-0.2, 0) is 16.4 Å². The number of tetrazole rings is 1. The Kier molecular flexibility index (Phi) is 6.63. The van der Waals surface area contributed by atoms with Crippen LogP contribution < -0.4 is 5.32 Å². The maximum absolute atomic E-state index is 13.5. The molecule has 1 fully saturated rings. The van der Waals surface area contributed by atoms with Crippen LogP contribution in [-0.4, -0.2) is 52.6 Å². The molecular weight excluding hydrogens is 412 g/mol. The Balaban J connectivity index is 0.00000240. The fourth-order valence-corrected chi connectivity index (χ4v) is 5.09. The van der Waals surface area contributed by atoms with E-state index in [9.17, 15) is 8.42 Å². The molecule has 154 valence electrons. The van der Waals surface area contributed by atoms with Crippen LogP contribution in [0.15, 0.2) is 59.8 Å². The Morgan fingerprint density at radius 3 is 2.66 bits per heavy atom. The third-order valence-electron chi connectivity index (χ3n) is 5.00. The van der Waals surface area contributed by atoms with Crippen LogP contribution in [0.2, 0.25) is 0 Å². The van der Waals surface area contributed by atoms with E-state index in [-0.39, 0.29) is 23.3 Å². The molecule has 0 spiro atoms. The first-order chi connectivity index (χ1) is 13.6. The summed E-state index contributed by atoms with van der Waals surface area (Å²) in [5.74, 6) is 0. The monoisotopic (exact) mass is 434 g/mol. The molecule has 0 radical (unpaired) electrons. The summed E-state index contributed by atoms with van der Waals surface area (Å²) in [6.45, 7) is 3.72. The number of aryl methyl sites for hydroxylation is 1. The van der Waals surface area contributed by atoms with Gasteiger partial charge in [-0.25, -0.2) is 13.1 Å². The third-order valence-corrected chi connectivity index (χ3v) is 6.91. The highest BCUT2D eigenvalue weighted by atomic mass is 35.5. The molecule has 1 aliphatic heterocycles. The third kappa shape index (κ3) is 4.32. The zero-order chi connectivity index (χ0) is 19.6. The van der Waals surface area contributed by atoms with Crippen LogP contribution in [0.5, 0.6) is 0 Å². The van der Waals surface area contributed by atoms with Crippen LogP contribution in [0.3, 0.4) is 0 Å². The number of aromatic nitrogens is 4. The summed E-state index contributed by atoms with van der Waals surface area (Å²) in [6.07, 6.45) is 2.39. The average Bonchev–Trinajstić information content (AvgIpc) is 3.29. The van der Waals surface area contributed by atoms with Crippen LogP contribution in [0.4, 0.5) is 0 Å². The van der Waals surface area contributed by atoms with Crippen LogP contribution in [0.1, 0.15) is 24.1 Å². The molecule has 0 saturated carbocycles. The van der Waals surface area contributed by atoms with Crippen molar-refractivity contribution in [2.24, 2.45) is 0 Å². The minimum Gasteiger partial charge on any atom is -0.313 e. The SMILES string of the molecule is CCc1ccc(C2CNCCN2S(=O)(=O)c2cccc(-n3cnnn3)c2)cc1.Cl. The molecule has 0 bridgehead atoms. The Labute approximate surface area is 176 Å². The summed E-state index contributed by atoms with van der Waals surface area (Å²) in [4.78, 5) is 0.234. The molecule has 1 N–H and O–H groups in total. The summed E-state index contributed by atoms with van der Waals surface area (Å²) >= 11 is 0. The van der Waals surface area contributed by atoms with Gasteiger partial charge in [0.2, 0.25) is 10.0 Å². The summed E-state index contributed by atoms with van der Waals surface area (Å²) in [5, 5.41) is 14.4. The van der Waals surface area contributed by atoms with Crippen LogP contribution in [0.25, 0.3) is 5.69 Å². The Bertz CT molecular complexity index is 1040. The molecule has 0 aliphatic carbocycles. The number of piperazine rings is 1. The van der Waals surface area contributed by atoms with Gasteiger partial charge in [-0.2, -0.15) is 4.31 Å². The van der Waals surface area contributed by atoms with Crippen molar-refractivity contribution in [2.45, 2.75) is 24.3 Å². The van der Waals surface area contributed by atoms with E-state index in [2.05, 4.69) is 39.9 Å². The minimum atomic E-state index is -3.68. The number of benzene rings is 2. The van der Waals surface area contributed by atoms with Crippen molar-refractivity contribution in [3.05, 3.63) is 66.0 Å². The van der Waals surface area contributed by atoms with Gasteiger partial charge >= 0.3 is 0 Å². The minimum absolute atomic E-state index is 0. The highest BCUT2D eigenvalue weighted by Gasteiger charge is 2.34. The van der Waals surface area contributed by atoms with Crippen molar-refractivity contribution in [3.63, 3.8) is 0 Å². The quantitative estimate of drug-likeness (QED) is 0.660. The van der Waals surface area contributed by atoms with Crippen molar-refractivity contribution in [1.82, 2.24) is 29.8 Å². The second-order valence-corrected chi connectivity index (χ2v) is 8.57. The van der Waals surface area contributed by atoms with Gasteiger partial charge < -0.3 is 5.32 Å². The largest absolute Gasteiger partial charge is 0.313 e. The molecular formula is C19H23ClN6O2S. The molecule has 1 aromatic heterocycles. The Morgan fingerprint density at radius 2 is 1.97 bits per heavy atom. The van der Waals surface area contributed by atoms with E-state index in [1.54, 1.807) is 28.6 Å². The number of rotatable bonds is 5. The lowest BCUT2D eigenvalue weighted by Gasteiger charge is -2.35. The Morgan fingerprint density at radius 1 is 1.17 bits per heavy atom. The Hall–Kier alpha value is -2.33. The van der Waals surface area contributed by atoms with Crippen LogP contribution in [0, 0.1) is 0 Å². The fraction of sp³-hybridized carbons (Fsp3) is 0.316. The maximum atomic E-state index is 13.5. The van der Waals surface area contributed by atoms with E-state index >= 15 is 0 Å². The zero-order valence-corrected chi connectivity index (χ0v) is 17.6. The summed E-state index contributed by atoms with van der Waals surface area (Å²) in [6, 6.07) is 14.6. The number of hydrogen-bond donors (Lipinski definition) is 1. The number of nitrogens with one attached hydrogen (secondary N) is 1. The van der Waals surface area contributed by atoms with Gasteiger partial charge in [-0.1, -0.05) is 37.3 Å². The van der Waals surface area contributed by atoms with E-state index in [0.717, 1.165) is 12.0 Å². The van der Waals surface area contributed by atoms with Gasteiger partial charge in [0.25, 0.3) is 0 Å². The van der Waals surface area contributed by atoms with E-state index < -0.39 is 10.0 Å². The molecule has 3 aromatic rings. The van der Waals surface area contributed by atoms with E-state index in [1.165, 1.54) is 16.6 Å². The molecule has 1 atom stereocenters. The molecule has 10 heteroatoms. The first kappa shape index (κ1) is 21.4. The van der Waals surface area contributed by atoms with Crippen molar-refractivity contribution in [3.8, 4) is 5.69 Å². The van der Waals surface area contributed by atoms with Gasteiger partial charge in [0, 0.05) is 19.6 Å². The molecule has 2 aromatic carbocycles. The molecule has 1 unspecified atom stereocenters. The summed E-state index contributed by atoms with van der Waals surface area (Å²) < 4.78 is 29.9. The summed E-state index contributed by atoms with van der Waals surface area (Å²) in [5.41, 5.74) is 2.82. The van der Waals surface area contributed by atoms with Gasteiger partial charge in [-0.3, -0.25) is 0 Å². The average molecular weight is 435 g/mol. The highest BCUT2D eigenvalue weighted by Crippen LogP contribution is 2.29. The lowest BCUT2D eigenvalue weighted by molar-refractivity contribution is 0.271. The topological polar surface area (TPSA) is 93.0 Å². The fourth-order valence-electron chi connectivity index (χ4n) is 3.43. The number of hydrogen-bond acceptors (Lipinski definition) is 6. The maximum Gasteiger partial charge on any atom is 0.243 e. The van der Waals surface area contributed by atoms with Crippen molar-refractivity contribution < 1.29 is 8.42 Å². The van der Waals surface area contributed by atoms with Crippen molar-refractivity contribution in [2.75, 3.05) is 19.6 Å². The first-order valence-electron chi connectivity index (χ1n) is 9.24. The predicted molar refractivity (Wildman–Crippen MR) is 112 cm³/mol. The molecule has 4 rings (SSSR count). The van der Waals surface area contributed by atoms with Gasteiger partial charge in [0.05, 0.1) is 16.6 Å². The van der Waals surface area contributed by atoms with Crippen LogP contribution >= 0.6 is 12.4 Å². The number of nitrogens with zero attached hydrogens (tertiary/aromatic N) is 5. The van der Waals surface area contributed by atoms with Gasteiger partial charge in [-0.05, 0) is 46.2 Å². The molecule has 1 saturated heterocycles. The number of halogens is 1. The molecule has 2 heterocycles. The van der Waals surface area contributed by atoms with Gasteiger partial charge in [-0.15, -0.1) is 17.5 Å². The predicted octanol–water partition coefficient (Wildman–Crippen LogP) is 1.98. The standard InChI is InChI=1S/C19H22N6O2S.ClH/c1-2-15-6-8-16(9-7-15)19-13-20-10-11-25(19)28(26,27)18-5-3-4-17(12-18)24-14-21-22-23-24;/h3-9,12,14,19-20H,2,10-11,13H2,1H3;1H. The first-order valence-corrected chi connectivity index (χ1v) is 10.7. The van der Waals surface area contributed by atoms with E-state index in [1.807, 2.05) is 12.1 Å². The lowest BCUT2D eigenvalue weighted by Crippen LogP contribution is -2.48. The van der Waals surface area contributed by atoms with E-state index in [4.69, 9.17) is 0 Å². The second-order valence-electron chi connectivity index (χ2n) is 6.68. The molecule has 0 amide bonds. The molecule has 1 aliphatic rings. The number of sulfonamides is 1. The highest BCUT2D eigenvalue weighted by molar-refractivity contribution is 7.89. The molecule has 8 nitrogen and oxygen atoms in total. The normalized spacial score (nSPS) is 17.6. The summed E-state index contributed by atoms with van der Waals surface area (Å²) in [7, 11) is -3.68. The zero-order valence-electron chi connectivity index (χ0n) is 16.0. The van der Waals surface area contributed by atoms with E-state index in [0.29, 0.717) is 25.3 Å². The lowest BCUT2D eigenvalue weighted by atomic mass is 10.0. The van der Waals surface area contributed by atoms with Crippen molar-refractivity contribution >= 4 is 22.4 Å². The van der Waals surface area contributed by atoms with Gasteiger partial charge in [0.1, 0.15) is 6.33 Å². The smallest absolute Gasteiger partial charge is 0.243 e. The second kappa shape index (κ2) is 9.00. The molecule has 29 heavy (non-hydrogen) atoms. The van der Waals surface area contributed by atoms with Crippen molar-refractivity contribution in [1.29, 1.82) is 0 Å². The van der Waals surface area contributed by atoms with Gasteiger partial charge in [0.15, 0.2) is 0 Å².